The Morgan fingerprint density at radius 1 is 1.11 bits per heavy atom. The summed E-state index contributed by atoms with van der Waals surface area (Å²) in [4.78, 5) is 17.3. The first-order valence-electron chi connectivity index (χ1n) is 14.8. The number of halogens is 3. The van der Waals surface area contributed by atoms with E-state index >= 15 is 0 Å². The standard InChI is InChI=1S/C35H35F3N4O3S/c1-22-13-27-9-10-29(35(36,37)38)16-33(27)46(44,45)42(20-22)21-28-15-26(8-6-23(28)2)32(31-11-7-25(18-39)14-24(31)3)17-34(43)41-30-5-4-12-40-19-30/h4-12,14-16,19,22,32,44-45H,13,17,20-21H2,1-3H3,(H,41,43). The number of alkyl halides is 3. The Morgan fingerprint density at radius 2 is 1.89 bits per heavy atom. The molecule has 0 fully saturated rings. The fourth-order valence-corrected chi connectivity index (χ4v) is 7.83. The Labute approximate surface area is 268 Å². The summed E-state index contributed by atoms with van der Waals surface area (Å²) in [6.07, 6.45) is -0.973. The number of hydrogen-bond donors (Lipinski definition) is 3. The van der Waals surface area contributed by atoms with Gasteiger partial charge in [-0.3, -0.25) is 18.9 Å². The Balaban J connectivity index is 1.52. The van der Waals surface area contributed by atoms with Gasteiger partial charge >= 0.3 is 6.18 Å². The Bertz CT molecular complexity index is 1790. The molecule has 2 atom stereocenters. The molecular weight excluding hydrogens is 613 g/mol. The van der Waals surface area contributed by atoms with Gasteiger partial charge in [0.15, 0.2) is 0 Å². The molecule has 1 amide bonds. The van der Waals surface area contributed by atoms with Gasteiger partial charge in [0.1, 0.15) is 0 Å². The predicted molar refractivity (Wildman–Crippen MR) is 172 cm³/mol. The number of nitrogens with one attached hydrogen (secondary N) is 1. The molecule has 5 rings (SSSR count). The van der Waals surface area contributed by atoms with E-state index in [-0.39, 0.29) is 36.2 Å². The van der Waals surface area contributed by atoms with Gasteiger partial charge in [0.05, 0.1) is 34.0 Å². The van der Waals surface area contributed by atoms with Crippen molar-refractivity contribution in [1.82, 2.24) is 9.29 Å². The molecule has 0 radical (unpaired) electrons. The molecule has 0 saturated heterocycles. The van der Waals surface area contributed by atoms with E-state index in [1.54, 1.807) is 36.7 Å². The van der Waals surface area contributed by atoms with E-state index in [0.717, 1.165) is 39.9 Å². The number of benzene rings is 3. The van der Waals surface area contributed by atoms with Crippen molar-refractivity contribution in [3.63, 3.8) is 0 Å². The van der Waals surface area contributed by atoms with Gasteiger partial charge in [-0.05, 0) is 96.0 Å². The number of carbonyl (C=O) groups is 1. The van der Waals surface area contributed by atoms with E-state index in [1.165, 1.54) is 10.4 Å². The summed E-state index contributed by atoms with van der Waals surface area (Å²) in [5.41, 5.74) is 4.73. The molecule has 2 heterocycles. The second-order valence-corrected chi connectivity index (χ2v) is 13.9. The van der Waals surface area contributed by atoms with E-state index in [2.05, 4.69) is 16.4 Å². The van der Waals surface area contributed by atoms with Crippen LogP contribution in [-0.2, 0) is 23.9 Å². The van der Waals surface area contributed by atoms with Gasteiger partial charge in [-0.15, -0.1) is 10.8 Å². The first kappa shape index (κ1) is 33.2. The summed E-state index contributed by atoms with van der Waals surface area (Å²) in [7, 11) is -3.77. The molecule has 0 bridgehead atoms. The highest BCUT2D eigenvalue weighted by Crippen LogP contribution is 2.57. The van der Waals surface area contributed by atoms with Gasteiger partial charge in [-0.1, -0.05) is 37.3 Å². The highest BCUT2D eigenvalue weighted by Gasteiger charge is 2.37. The quantitative estimate of drug-likeness (QED) is 0.186. The van der Waals surface area contributed by atoms with E-state index < -0.39 is 28.4 Å². The molecule has 0 spiro atoms. The molecule has 0 aliphatic carbocycles. The largest absolute Gasteiger partial charge is 0.416 e. The summed E-state index contributed by atoms with van der Waals surface area (Å²) in [6, 6.07) is 19.9. The van der Waals surface area contributed by atoms with Crippen molar-refractivity contribution < 1.29 is 27.1 Å². The van der Waals surface area contributed by atoms with Crippen molar-refractivity contribution in [2.75, 3.05) is 11.9 Å². The Hall–Kier alpha value is -4.21. The monoisotopic (exact) mass is 648 g/mol. The minimum atomic E-state index is -4.62. The van der Waals surface area contributed by atoms with Crippen LogP contribution in [0.4, 0.5) is 18.9 Å². The molecular formula is C35H35F3N4O3S. The van der Waals surface area contributed by atoms with E-state index in [4.69, 9.17) is 0 Å². The topological polar surface area (TPSA) is 109 Å². The summed E-state index contributed by atoms with van der Waals surface area (Å²) in [5.74, 6) is -0.711. The lowest BCUT2D eigenvalue weighted by Gasteiger charge is -2.43. The van der Waals surface area contributed by atoms with Crippen molar-refractivity contribution in [3.05, 3.63) is 124 Å². The van der Waals surface area contributed by atoms with Gasteiger partial charge < -0.3 is 5.32 Å². The van der Waals surface area contributed by atoms with Crippen LogP contribution in [-0.4, -0.2) is 30.8 Å². The van der Waals surface area contributed by atoms with Gasteiger partial charge in [0.2, 0.25) is 5.91 Å². The SMILES string of the molecule is Cc1ccc(C(CC(=O)Nc2cccnc2)c2ccc(C#N)cc2C)cc1CN1CC(C)Cc2ccc(C(F)(F)F)cc2S1(O)O. The molecule has 4 aromatic rings. The van der Waals surface area contributed by atoms with Crippen molar-refractivity contribution in [2.45, 2.75) is 57.1 Å². The highest BCUT2D eigenvalue weighted by molar-refractivity contribution is 8.22. The number of anilines is 1. The normalized spacial score (nSPS) is 17.7. The summed E-state index contributed by atoms with van der Waals surface area (Å²) in [6.45, 7) is 6.04. The number of fused-ring (bicyclic) bond motifs is 1. The third kappa shape index (κ3) is 7.26. The zero-order chi connectivity index (χ0) is 33.2. The molecule has 240 valence electrons. The maximum Gasteiger partial charge on any atom is 0.416 e. The third-order valence-electron chi connectivity index (χ3n) is 8.36. The Morgan fingerprint density at radius 3 is 2.57 bits per heavy atom. The average Bonchev–Trinajstić information content (AvgIpc) is 3.09. The second-order valence-electron chi connectivity index (χ2n) is 11.9. The molecule has 3 aromatic carbocycles. The highest BCUT2D eigenvalue weighted by atomic mass is 32.3. The van der Waals surface area contributed by atoms with E-state index in [0.29, 0.717) is 23.2 Å². The van der Waals surface area contributed by atoms with Crippen molar-refractivity contribution in [2.24, 2.45) is 5.92 Å². The van der Waals surface area contributed by atoms with Crippen molar-refractivity contribution in [1.29, 1.82) is 5.26 Å². The lowest BCUT2D eigenvalue weighted by Crippen LogP contribution is -2.30. The Kier molecular flexibility index (Phi) is 9.56. The van der Waals surface area contributed by atoms with Crippen LogP contribution >= 0.6 is 10.8 Å². The zero-order valence-electron chi connectivity index (χ0n) is 25.7. The fraction of sp³-hybridized carbons (Fsp3) is 0.286. The minimum absolute atomic E-state index is 0.0575. The van der Waals surface area contributed by atoms with Gasteiger partial charge in [0.25, 0.3) is 0 Å². The third-order valence-corrected chi connectivity index (χ3v) is 10.3. The fourth-order valence-electron chi connectivity index (χ4n) is 5.99. The molecule has 3 N–H and O–H groups in total. The lowest BCUT2D eigenvalue weighted by molar-refractivity contribution is -0.137. The number of nitriles is 1. The van der Waals surface area contributed by atoms with Crippen LogP contribution in [0.15, 0.2) is 84.0 Å². The molecule has 7 nitrogen and oxygen atoms in total. The number of amides is 1. The number of aromatic nitrogens is 1. The second kappa shape index (κ2) is 13.3. The smallest absolute Gasteiger partial charge is 0.325 e. The summed E-state index contributed by atoms with van der Waals surface area (Å²) >= 11 is 0. The number of nitrogens with zero attached hydrogens (tertiary/aromatic N) is 3. The maximum atomic E-state index is 13.6. The van der Waals surface area contributed by atoms with Gasteiger partial charge in [-0.25, -0.2) is 0 Å². The molecule has 2 unspecified atom stereocenters. The lowest BCUT2D eigenvalue weighted by atomic mass is 9.84. The zero-order valence-corrected chi connectivity index (χ0v) is 26.5. The first-order valence-corrected chi connectivity index (χ1v) is 16.3. The first-order chi connectivity index (χ1) is 21.8. The van der Waals surface area contributed by atoms with Gasteiger partial charge in [-0.2, -0.15) is 22.7 Å². The van der Waals surface area contributed by atoms with Crippen LogP contribution in [0.2, 0.25) is 0 Å². The average molecular weight is 649 g/mol. The summed E-state index contributed by atoms with van der Waals surface area (Å²) < 4.78 is 65.4. The number of hydrogen-bond acceptors (Lipinski definition) is 6. The van der Waals surface area contributed by atoms with Gasteiger partial charge in [0, 0.05) is 31.6 Å². The number of aryl methyl sites for hydroxylation is 2. The van der Waals surface area contributed by atoms with E-state index in [9.17, 15) is 32.3 Å². The molecule has 46 heavy (non-hydrogen) atoms. The molecule has 1 aliphatic rings. The number of carbonyl (C=O) groups excluding carboxylic acids is 1. The van der Waals surface area contributed by atoms with Crippen LogP contribution in [0.3, 0.4) is 0 Å². The van der Waals surface area contributed by atoms with Crippen LogP contribution in [0, 0.1) is 31.1 Å². The van der Waals surface area contributed by atoms with E-state index in [1.807, 2.05) is 45.0 Å². The van der Waals surface area contributed by atoms with Crippen LogP contribution in [0.1, 0.15) is 63.8 Å². The minimum Gasteiger partial charge on any atom is -0.325 e. The number of pyridine rings is 1. The van der Waals surface area contributed by atoms with Crippen LogP contribution in [0.25, 0.3) is 0 Å². The molecule has 1 aromatic heterocycles. The molecule has 1 aliphatic heterocycles. The number of rotatable bonds is 7. The van der Waals surface area contributed by atoms with Crippen molar-refractivity contribution in [3.8, 4) is 6.07 Å². The van der Waals surface area contributed by atoms with Crippen LogP contribution < -0.4 is 5.32 Å². The predicted octanol–water partition coefficient (Wildman–Crippen LogP) is 8.47. The maximum absolute atomic E-state index is 13.6. The van der Waals surface area contributed by atoms with Crippen LogP contribution in [0.5, 0.6) is 0 Å². The molecule has 0 saturated carbocycles. The summed E-state index contributed by atoms with van der Waals surface area (Å²) in [5, 5.41) is 12.3. The molecule has 11 heteroatoms. The van der Waals surface area contributed by atoms with Crippen molar-refractivity contribution >= 4 is 22.4 Å².